The van der Waals surface area contributed by atoms with Gasteiger partial charge in [0.2, 0.25) is 0 Å². The van der Waals surface area contributed by atoms with Crippen molar-refractivity contribution in [3.05, 3.63) is 65.2 Å². The molecule has 3 heterocycles. The van der Waals surface area contributed by atoms with E-state index in [4.69, 9.17) is 21.3 Å². The Morgan fingerprint density at radius 3 is 2.36 bits per heavy atom. The van der Waals surface area contributed by atoms with Crippen LogP contribution in [0.25, 0.3) is 11.3 Å². The molecule has 0 unspecified atom stereocenters. The summed E-state index contributed by atoms with van der Waals surface area (Å²) < 4.78 is 6.72. The smallest absolute Gasteiger partial charge is 0.410 e. The van der Waals surface area contributed by atoms with Gasteiger partial charge in [-0.15, -0.1) is 0 Å². The molecule has 11 heteroatoms. The van der Waals surface area contributed by atoms with Crippen LogP contribution in [0.2, 0.25) is 0 Å². The van der Waals surface area contributed by atoms with Gasteiger partial charge in [-0.25, -0.2) is 19.4 Å². The number of anilines is 1. The Hall–Kier alpha value is -4.41. The molecule has 3 aromatic rings. The number of hydrogen-bond donors (Lipinski definition) is 3. The predicted octanol–water partition coefficient (Wildman–Crippen LogP) is 3.69. The third kappa shape index (κ3) is 6.36. The van der Waals surface area contributed by atoms with E-state index in [9.17, 15) is 14.4 Å². The fraction of sp³-hybridized carbons (Fsp3) is 0.393. The van der Waals surface area contributed by atoms with E-state index in [-0.39, 0.29) is 23.6 Å². The van der Waals surface area contributed by atoms with Crippen LogP contribution in [-0.2, 0) is 11.2 Å². The van der Waals surface area contributed by atoms with Crippen molar-refractivity contribution in [3.8, 4) is 11.3 Å². The molecule has 1 fully saturated rings. The Morgan fingerprint density at radius 1 is 1.10 bits per heavy atom. The number of nitrogens with one attached hydrogen (secondary N) is 1. The first kappa shape index (κ1) is 27.6. The molecule has 2 aromatic heterocycles. The highest BCUT2D eigenvalue weighted by atomic mass is 16.6. The molecule has 1 saturated heterocycles. The van der Waals surface area contributed by atoms with Gasteiger partial charge >= 0.3 is 6.09 Å². The van der Waals surface area contributed by atoms with Gasteiger partial charge in [0.1, 0.15) is 22.9 Å². The molecule has 1 aromatic carbocycles. The number of benzene rings is 1. The Labute approximate surface area is 227 Å². The normalized spacial score (nSPS) is 14.2. The van der Waals surface area contributed by atoms with Gasteiger partial charge in [-0.05, 0) is 69.9 Å². The van der Waals surface area contributed by atoms with Crippen LogP contribution >= 0.6 is 0 Å². The molecule has 0 radical (unpaired) electrons. The van der Waals surface area contributed by atoms with Gasteiger partial charge in [0.25, 0.3) is 11.8 Å². The number of nitrogen functional groups attached to an aromatic ring is 1. The van der Waals surface area contributed by atoms with Crippen molar-refractivity contribution < 1.29 is 19.1 Å². The van der Waals surface area contributed by atoms with Crippen molar-refractivity contribution in [3.63, 3.8) is 0 Å². The summed E-state index contributed by atoms with van der Waals surface area (Å²) in [6.07, 6.45) is 3.36. The lowest BCUT2D eigenvalue weighted by molar-refractivity contribution is 0.0202. The van der Waals surface area contributed by atoms with Crippen LogP contribution in [0.5, 0.6) is 0 Å². The highest BCUT2D eigenvalue weighted by Gasteiger charge is 2.32. The number of piperidine rings is 1. The van der Waals surface area contributed by atoms with E-state index in [2.05, 4.69) is 10.3 Å². The largest absolute Gasteiger partial charge is 0.444 e. The Kier molecular flexibility index (Phi) is 7.89. The topological polar surface area (TPSA) is 158 Å². The second-order valence-electron chi connectivity index (χ2n) is 10.6. The number of likely N-dealkylation sites (tertiary alicyclic amines) is 1. The maximum Gasteiger partial charge on any atom is 0.410 e. The second-order valence-corrected chi connectivity index (χ2v) is 10.6. The minimum Gasteiger partial charge on any atom is -0.444 e. The number of pyridine rings is 1. The maximum atomic E-state index is 12.8. The lowest BCUT2D eigenvalue weighted by atomic mass is 9.96. The van der Waals surface area contributed by atoms with E-state index < -0.39 is 11.5 Å². The van der Waals surface area contributed by atoms with E-state index in [0.717, 1.165) is 12.0 Å². The Balaban J connectivity index is 1.51. The Bertz CT molecular complexity index is 1370. The molecule has 4 rings (SSSR count). The molecule has 0 saturated carbocycles. The van der Waals surface area contributed by atoms with Crippen LogP contribution in [0.15, 0.2) is 42.6 Å². The van der Waals surface area contributed by atoms with Gasteiger partial charge in [-0.2, -0.15) is 0 Å². The van der Waals surface area contributed by atoms with Crippen molar-refractivity contribution in [2.75, 3.05) is 24.2 Å². The molecular weight excluding hydrogens is 498 g/mol. The number of nitrogens with zero attached hydrogens (tertiary/aromatic N) is 4. The highest BCUT2D eigenvalue weighted by molar-refractivity contribution is 6.04. The summed E-state index contributed by atoms with van der Waals surface area (Å²) >= 11 is 0. The van der Waals surface area contributed by atoms with Crippen molar-refractivity contribution in [1.29, 1.82) is 0 Å². The average Bonchev–Trinajstić information content (AvgIpc) is 3.25. The van der Waals surface area contributed by atoms with Crippen LogP contribution in [-0.4, -0.2) is 56.1 Å². The third-order valence-corrected chi connectivity index (χ3v) is 6.58. The first-order chi connectivity index (χ1) is 18.5. The van der Waals surface area contributed by atoms with Gasteiger partial charge in [-0.1, -0.05) is 19.1 Å². The fourth-order valence-corrected chi connectivity index (χ4v) is 4.55. The molecule has 0 atom stereocenters. The van der Waals surface area contributed by atoms with E-state index in [1.165, 1.54) is 4.68 Å². The van der Waals surface area contributed by atoms with Crippen molar-refractivity contribution in [2.45, 2.75) is 58.5 Å². The summed E-state index contributed by atoms with van der Waals surface area (Å²) in [5.74, 6) is 6.23. The minimum absolute atomic E-state index is 0.0722. The van der Waals surface area contributed by atoms with Crippen molar-refractivity contribution in [1.82, 2.24) is 19.5 Å². The molecule has 11 nitrogen and oxygen atoms in total. The van der Waals surface area contributed by atoms with Crippen LogP contribution < -0.4 is 16.9 Å². The number of aryl methyl sites for hydroxylation is 1. The first-order valence-corrected chi connectivity index (χ1v) is 13.0. The number of carbonyl (C=O) groups is 3. The molecule has 5 N–H and O–H groups in total. The highest BCUT2D eigenvalue weighted by Crippen LogP contribution is 2.32. The second kappa shape index (κ2) is 11.1. The molecule has 0 aliphatic carbocycles. The number of amides is 3. The van der Waals surface area contributed by atoms with Crippen LogP contribution in [0, 0.1) is 0 Å². The summed E-state index contributed by atoms with van der Waals surface area (Å²) in [4.78, 5) is 48.1. The summed E-state index contributed by atoms with van der Waals surface area (Å²) in [6.45, 7) is 8.48. The Morgan fingerprint density at radius 2 is 1.77 bits per heavy atom. The zero-order valence-corrected chi connectivity index (χ0v) is 22.7. The molecule has 1 aliphatic heterocycles. The lowest BCUT2D eigenvalue weighted by Gasteiger charge is -2.33. The molecule has 0 spiro atoms. The van der Waals surface area contributed by atoms with Crippen molar-refractivity contribution >= 4 is 23.7 Å². The molecule has 3 amide bonds. The summed E-state index contributed by atoms with van der Waals surface area (Å²) in [5, 5.41) is 2.80. The van der Waals surface area contributed by atoms with Gasteiger partial charge in [0, 0.05) is 36.3 Å². The molecule has 206 valence electrons. The zero-order chi connectivity index (χ0) is 28.3. The van der Waals surface area contributed by atoms with Gasteiger partial charge < -0.3 is 26.5 Å². The number of ether oxygens (including phenoxy) is 1. The quantitative estimate of drug-likeness (QED) is 0.408. The van der Waals surface area contributed by atoms with E-state index in [1.54, 1.807) is 35.4 Å². The standard InChI is InChI=1S/C28H35N7O4/c1-5-17-10-13-31-21(16-17)32-26(37)20-8-6-18(7-9-20)22-23(24(29)36)35(30)25(33-22)19-11-14-34(15-12-19)27(38)39-28(2,3)4/h6-10,13,16,19H,5,11-12,14-15,30H2,1-4H3,(H2,29,36)(H,31,32,37). The molecular formula is C28H35N7O4. The lowest BCUT2D eigenvalue weighted by Crippen LogP contribution is -2.41. The number of primary amides is 1. The summed E-state index contributed by atoms with van der Waals surface area (Å²) in [7, 11) is 0. The number of imidazole rings is 1. The third-order valence-electron chi connectivity index (χ3n) is 6.58. The molecule has 0 bridgehead atoms. The first-order valence-electron chi connectivity index (χ1n) is 13.0. The molecule has 39 heavy (non-hydrogen) atoms. The monoisotopic (exact) mass is 533 g/mol. The fourth-order valence-electron chi connectivity index (χ4n) is 4.55. The van der Waals surface area contributed by atoms with Gasteiger partial charge in [0.15, 0.2) is 5.69 Å². The number of nitrogens with two attached hydrogens (primary N) is 2. The summed E-state index contributed by atoms with van der Waals surface area (Å²) in [5.41, 5.74) is 7.63. The number of aromatic nitrogens is 3. The minimum atomic E-state index is -0.707. The van der Waals surface area contributed by atoms with Gasteiger partial charge in [0.05, 0.1) is 0 Å². The van der Waals surface area contributed by atoms with E-state index >= 15 is 0 Å². The van der Waals surface area contributed by atoms with Crippen LogP contribution in [0.1, 0.15) is 78.7 Å². The number of rotatable bonds is 6. The number of hydrogen-bond acceptors (Lipinski definition) is 7. The van der Waals surface area contributed by atoms with E-state index in [1.807, 2.05) is 39.8 Å². The number of carbonyl (C=O) groups excluding carboxylic acids is 3. The zero-order valence-electron chi connectivity index (χ0n) is 22.7. The van der Waals surface area contributed by atoms with Crippen LogP contribution in [0.3, 0.4) is 0 Å². The average molecular weight is 534 g/mol. The van der Waals surface area contributed by atoms with Gasteiger partial charge in [-0.3, -0.25) is 9.59 Å². The summed E-state index contributed by atoms with van der Waals surface area (Å²) in [6, 6.07) is 10.4. The predicted molar refractivity (Wildman–Crippen MR) is 148 cm³/mol. The maximum absolute atomic E-state index is 12.8. The van der Waals surface area contributed by atoms with Crippen molar-refractivity contribution in [2.24, 2.45) is 5.73 Å². The van der Waals surface area contributed by atoms with E-state index in [0.29, 0.717) is 54.4 Å². The SMILES string of the molecule is CCc1ccnc(NC(=O)c2ccc(-c3nc(C4CCN(C(=O)OC(C)(C)C)CC4)n(N)c3C(N)=O)cc2)c1. The molecule has 1 aliphatic rings. The van der Waals surface area contributed by atoms with Crippen LogP contribution in [0.4, 0.5) is 10.6 Å².